The highest BCUT2D eigenvalue weighted by Crippen LogP contribution is 2.11. The molecule has 0 atom stereocenters. The van der Waals surface area contributed by atoms with Crippen LogP contribution in [0, 0.1) is 0 Å². The minimum Gasteiger partial charge on any atom is -0.325 e. The van der Waals surface area contributed by atoms with Crippen molar-refractivity contribution in [2.45, 2.75) is 26.4 Å². The van der Waals surface area contributed by atoms with Crippen LogP contribution in [0.2, 0.25) is 0 Å². The Morgan fingerprint density at radius 1 is 1.22 bits per heavy atom. The fourth-order valence-electron chi connectivity index (χ4n) is 2.53. The van der Waals surface area contributed by atoms with Crippen LogP contribution in [-0.2, 0) is 13.1 Å². The zero-order valence-electron chi connectivity index (χ0n) is 11.3. The Kier molecular flexibility index (Phi) is 5.11. The van der Waals surface area contributed by atoms with Gasteiger partial charge >= 0.3 is 0 Å². The van der Waals surface area contributed by atoms with Crippen LogP contribution in [0.1, 0.15) is 24.6 Å². The van der Waals surface area contributed by atoms with Crippen LogP contribution in [0.3, 0.4) is 0 Å². The van der Waals surface area contributed by atoms with E-state index in [-0.39, 0.29) is 0 Å². The first kappa shape index (κ1) is 13.5. The summed E-state index contributed by atoms with van der Waals surface area (Å²) in [5, 5.41) is 0. The molecule has 100 valence electrons. The molecule has 4 nitrogen and oxygen atoms in total. The van der Waals surface area contributed by atoms with Crippen LogP contribution >= 0.6 is 0 Å². The van der Waals surface area contributed by atoms with Crippen molar-refractivity contribution in [2.24, 2.45) is 5.73 Å². The van der Waals surface area contributed by atoms with Gasteiger partial charge in [-0.1, -0.05) is 13.0 Å². The first-order valence-electron chi connectivity index (χ1n) is 6.91. The summed E-state index contributed by atoms with van der Waals surface area (Å²) in [6.45, 7) is 9.67. The molecule has 0 amide bonds. The van der Waals surface area contributed by atoms with Crippen molar-refractivity contribution in [1.82, 2.24) is 14.8 Å². The Morgan fingerprint density at radius 3 is 2.61 bits per heavy atom. The molecule has 0 saturated carbocycles. The Hall–Kier alpha value is -0.970. The van der Waals surface area contributed by atoms with Gasteiger partial charge in [0.15, 0.2) is 0 Å². The number of nitrogens with zero attached hydrogens (tertiary/aromatic N) is 3. The molecular weight excluding hydrogens is 224 g/mol. The summed E-state index contributed by atoms with van der Waals surface area (Å²) in [7, 11) is 0. The second kappa shape index (κ2) is 6.83. The molecule has 1 aromatic heterocycles. The molecule has 4 heteroatoms. The third-order valence-corrected chi connectivity index (χ3v) is 3.58. The van der Waals surface area contributed by atoms with E-state index in [0.717, 1.165) is 25.3 Å². The van der Waals surface area contributed by atoms with Crippen LogP contribution in [-0.4, -0.2) is 47.5 Å². The highest BCUT2D eigenvalue weighted by Gasteiger charge is 2.16. The van der Waals surface area contributed by atoms with Crippen LogP contribution < -0.4 is 5.73 Å². The van der Waals surface area contributed by atoms with Crippen molar-refractivity contribution in [3.63, 3.8) is 0 Å². The minimum absolute atomic E-state index is 0.534. The lowest BCUT2D eigenvalue weighted by Crippen LogP contribution is -2.46. The summed E-state index contributed by atoms with van der Waals surface area (Å²) < 4.78 is 0. The van der Waals surface area contributed by atoms with Gasteiger partial charge in [0.2, 0.25) is 0 Å². The van der Waals surface area contributed by atoms with Crippen LogP contribution in [0.4, 0.5) is 0 Å². The molecule has 2 rings (SSSR count). The van der Waals surface area contributed by atoms with Gasteiger partial charge in [-0.25, -0.2) is 0 Å². The average Bonchev–Trinajstić information content (AvgIpc) is 2.42. The zero-order valence-corrected chi connectivity index (χ0v) is 11.3. The maximum atomic E-state index is 5.73. The van der Waals surface area contributed by atoms with Crippen LogP contribution in [0.25, 0.3) is 0 Å². The summed E-state index contributed by atoms with van der Waals surface area (Å²) in [5.41, 5.74) is 8.05. The van der Waals surface area contributed by atoms with Gasteiger partial charge in [-0.3, -0.25) is 9.88 Å². The number of aromatic nitrogens is 1. The largest absolute Gasteiger partial charge is 0.325 e. The predicted molar refractivity (Wildman–Crippen MR) is 74.1 cm³/mol. The Balaban J connectivity index is 1.87. The van der Waals surface area contributed by atoms with Gasteiger partial charge in [0.25, 0.3) is 0 Å². The molecule has 1 aliphatic heterocycles. The zero-order chi connectivity index (χ0) is 12.8. The number of hydrogen-bond donors (Lipinski definition) is 1. The molecule has 18 heavy (non-hydrogen) atoms. The fourth-order valence-corrected chi connectivity index (χ4v) is 2.53. The second-order valence-electron chi connectivity index (χ2n) is 4.93. The predicted octanol–water partition coefficient (Wildman–Crippen LogP) is 1.07. The van der Waals surface area contributed by atoms with E-state index in [0.29, 0.717) is 6.54 Å². The number of piperazine rings is 1. The summed E-state index contributed by atoms with van der Waals surface area (Å²) in [4.78, 5) is 9.39. The molecule has 2 heterocycles. The monoisotopic (exact) mass is 248 g/mol. The number of hydrogen-bond acceptors (Lipinski definition) is 4. The summed E-state index contributed by atoms with van der Waals surface area (Å²) in [5.74, 6) is 0. The standard InChI is InChI=1S/C14H24N4/c1-2-6-17-7-9-18(10-8-17)12-13-4-3-5-16-14(13)11-15/h3-5H,2,6-12,15H2,1H3. The quantitative estimate of drug-likeness (QED) is 0.846. The van der Waals surface area contributed by atoms with E-state index in [1.165, 1.54) is 31.6 Å². The average molecular weight is 248 g/mol. The molecule has 1 fully saturated rings. The van der Waals surface area contributed by atoms with E-state index in [4.69, 9.17) is 5.73 Å². The molecule has 0 aromatic carbocycles. The molecule has 2 N–H and O–H groups in total. The molecule has 0 unspecified atom stereocenters. The number of nitrogens with two attached hydrogens (primary N) is 1. The van der Waals surface area contributed by atoms with Crippen molar-refractivity contribution >= 4 is 0 Å². The van der Waals surface area contributed by atoms with Crippen LogP contribution in [0.15, 0.2) is 18.3 Å². The summed E-state index contributed by atoms with van der Waals surface area (Å²) in [6, 6.07) is 4.15. The molecule has 0 bridgehead atoms. The lowest BCUT2D eigenvalue weighted by Gasteiger charge is -2.34. The first-order chi connectivity index (χ1) is 8.83. The van der Waals surface area contributed by atoms with Gasteiger partial charge < -0.3 is 10.6 Å². The summed E-state index contributed by atoms with van der Waals surface area (Å²) in [6.07, 6.45) is 3.07. The third-order valence-electron chi connectivity index (χ3n) is 3.58. The molecule has 0 radical (unpaired) electrons. The molecule has 0 aliphatic carbocycles. The summed E-state index contributed by atoms with van der Waals surface area (Å²) >= 11 is 0. The van der Waals surface area contributed by atoms with Gasteiger partial charge in [0.05, 0.1) is 5.69 Å². The van der Waals surface area contributed by atoms with Gasteiger partial charge in [0, 0.05) is 45.5 Å². The van der Waals surface area contributed by atoms with E-state index in [9.17, 15) is 0 Å². The van der Waals surface area contributed by atoms with E-state index in [2.05, 4.69) is 27.8 Å². The Morgan fingerprint density at radius 2 is 1.94 bits per heavy atom. The van der Waals surface area contributed by atoms with Crippen molar-refractivity contribution in [3.8, 4) is 0 Å². The van der Waals surface area contributed by atoms with E-state index in [1.807, 2.05) is 12.3 Å². The van der Waals surface area contributed by atoms with E-state index in [1.54, 1.807) is 0 Å². The van der Waals surface area contributed by atoms with E-state index >= 15 is 0 Å². The minimum atomic E-state index is 0.534. The Labute approximate surface area is 110 Å². The van der Waals surface area contributed by atoms with Gasteiger partial charge in [-0.2, -0.15) is 0 Å². The molecule has 1 aromatic rings. The molecule has 1 aliphatic rings. The van der Waals surface area contributed by atoms with E-state index < -0.39 is 0 Å². The molecule has 1 saturated heterocycles. The van der Waals surface area contributed by atoms with Crippen molar-refractivity contribution < 1.29 is 0 Å². The maximum absolute atomic E-state index is 5.73. The lowest BCUT2D eigenvalue weighted by molar-refractivity contribution is 0.127. The maximum Gasteiger partial charge on any atom is 0.0584 e. The normalized spacial score (nSPS) is 18.1. The fraction of sp³-hybridized carbons (Fsp3) is 0.643. The van der Waals surface area contributed by atoms with Crippen LogP contribution in [0.5, 0.6) is 0 Å². The number of pyridine rings is 1. The van der Waals surface area contributed by atoms with Gasteiger partial charge in [-0.15, -0.1) is 0 Å². The topological polar surface area (TPSA) is 45.4 Å². The number of rotatable bonds is 5. The first-order valence-corrected chi connectivity index (χ1v) is 6.91. The third kappa shape index (κ3) is 3.51. The SMILES string of the molecule is CCCN1CCN(Cc2cccnc2CN)CC1. The van der Waals surface area contributed by atoms with Gasteiger partial charge in [-0.05, 0) is 24.6 Å². The smallest absolute Gasteiger partial charge is 0.0584 e. The van der Waals surface area contributed by atoms with Gasteiger partial charge in [0.1, 0.15) is 0 Å². The highest BCUT2D eigenvalue weighted by atomic mass is 15.3. The van der Waals surface area contributed by atoms with Crippen molar-refractivity contribution in [1.29, 1.82) is 0 Å². The lowest BCUT2D eigenvalue weighted by atomic mass is 10.1. The highest BCUT2D eigenvalue weighted by molar-refractivity contribution is 5.19. The second-order valence-corrected chi connectivity index (χ2v) is 4.93. The molecule has 0 spiro atoms. The van der Waals surface area contributed by atoms with Crippen molar-refractivity contribution in [3.05, 3.63) is 29.6 Å². The van der Waals surface area contributed by atoms with Crippen molar-refractivity contribution in [2.75, 3.05) is 32.7 Å². The molecular formula is C14H24N4. The Bertz CT molecular complexity index is 359.